The molecule has 0 unspecified atom stereocenters. The van der Waals surface area contributed by atoms with E-state index in [0.717, 1.165) is 117 Å². The number of rotatable bonds is 2. The van der Waals surface area contributed by atoms with Crippen molar-refractivity contribution in [1.29, 1.82) is 0 Å². The van der Waals surface area contributed by atoms with Crippen LogP contribution in [0.2, 0.25) is 0 Å². The molecule has 5 heterocycles. The van der Waals surface area contributed by atoms with Gasteiger partial charge in [-0.15, -0.1) is 45.3 Å². The summed E-state index contributed by atoms with van der Waals surface area (Å²) < 4.78 is 14.5. The summed E-state index contributed by atoms with van der Waals surface area (Å²) in [5, 5.41) is 8.73. The maximum Gasteiger partial charge on any atom is 0.114 e. The third-order valence-electron chi connectivity index (χ3n) is 11.1. The normalized spacial score (nSPS) is 10.9. The Bertz CT molecular complexity index is 3580. The van der Waals surface area contributed by atoms with Gasteiger partial charge >= 0.3 is 0 Å². The van der Waals surface area contributed by atoms with Crippen LogP contribution in [-0.4, -0.2) is 8.75 Å². The lowest BCUT2D eigenvalue weighted by atomic mass is 10.00. The highest BCUT2D eigenvalue weighted by Gasteiger charge is 2.23. The van der Waals surface area contributed by atoms with E-state index in [1.54, 1.807) is 45.3 Å². The molecule has 0 aliphatic carbocycles. The van der Waals surface area contributed by atoms with E-state index in [0.29, 0.717) is 0 Å². The summed E-state index contributed by atoms with van der Waals surface area (Å²) >= 11 is 8.18. The fourth-order valence-corrected chi connectivity index (χ4v) is 12.9. The van der Waals surface area contributed by atoms with Crippen LogP contribution in [0.1, 0.15) is 44.5 Å². The highest BCUT2D eigenvalue weighted by atomic mass is 32.1. The number of aromatic nitrogens is 2. The second kappa shape index (κ2) is 16.9. The molecule has 7 heteroatoms. The fourth-order valence-electron chi connectivity index (χ4n) is 8.06. The molecule has 0 aliphatic heterocycles. The van der Waals surface area contributed by atoms with Gasteiger partial charge in [0.1, 0.15) is 11.0 Å². The van der Waals surface area contributed by atoms with Gasteiger partial charge in [-0.2, -0.15) is 8.75 Å². The molecule has 300 valence electrons. The Labute approximate surface area is 395 Å². The van der Waals surface area contributed by atoms with Gasteiger partial charge in [-0.05, 0) is 83.6 Å². The van der Waals surface area contributed by atoms with Crippen molar-refractivity contribution in [3.8, 4) is 68.2 Å². The van der Waals surface area contributed by atoms with Gasteiger partial charge in [-0.1, -0.05) is 132 Å². The summed E-state index contributed by atoms with van der Waals surface area (Å²) in [5.74, 6) is 28.3. The average Bonchev–Trinajstić information content (AvgIpc) is 4.23. The summed E-state index contributed by atoms with van der Waals surface area (Å²) in [6.45, 7) is 0. The Kier molecular flexibility index (Phi) is 10.1. The third kappa shape index (κ3) is 7.29. The van der Waals surface area contributed by atoms with Crippen molar-refractivity contribution >= 4 is 108 Å². The number of hydrogen-bond donors (Lipinski definition) is 0. The first-order valence-corrected chi connectivity index (χ1v) is 24.8. The fraction of sp³-hybridized carbons (Fsp3) is 0. The van der Waals surface area contributed by atoms with E-state index < -0.39 is 0 Å². The zero-order valence-electron chi connectivity index (χ0n) is 34.1. The molecule has 0 saturated carbocycles. The summed E-state index contributed by atoms with van der Waals surface area (Å²) in [7, 11) is 0. The molecule has 7 aromatic carbocycles. The second-order valence-electron chi connectivity index (χ2n) is 15.1. The zero-order chi connectivity index (χ0) is 43.1. The maximum absolute atomic E-state index is 4.99. The Morgan fingerprint density at radius 3 is 1.02 bits per heavy atom. The van der Waals surface area contributed by atoms with Crippen LogP contribution in [0.15, 0.2) is 168 Å². The Hall–Kier alpha value is -7.56. The van der Waals surface area contributed by atoms with E-state index in [9.17, 15) is 0 Å². The van der Waals surface area contributed by atoms with Gasteiger partial charge in [-0.3, -0.25) is 0 Å². The summed E-state index contributed by atoms with van der Waals surface area (Å²) in [6.07, 6.45) is 0. The molecule has 0 fully saturated rings. The molecular formula is C58H28N2S5. The minimum absolute atomic E-state index is 0.876. The summed E-state index contributed by atoms with van der Waals surface area (Å²) in [5.41, 5.74) is 11.8. The molecular weight excluding hydrogens is 885 g/mol. The predicted octanol–water partition coefficient (Wildman–Crippen LogP) is 15.5. The SMILES string of the molecule is C(#Cc1c2cc(-c3ccc(-c4cc5c(C#Cc6ccccc6)c6sccc6c(C#Cc6ccccc6)c5s4)c4nsnc34)sc2c(C#Cc2ccccc2)c2ccsc12)c1ccccc1. The van der Waals surface area contributed by atoms with Crippen molar-refractivity contribution < 1.29 is 0 Å². The molecule has 2 nitrogen and oxygen atoms in total. The van der Waals surface area contributed by atoms with Crippen LogP contribution < -0.4 is 0 Å². The van der Waals surface area contributed by atoms with E-state index in [1.165, 1.54) is 11.7 Å². The standard InChI is InChI=1S/C58H28N2S5/c1-5-13-37(14-6-1)21-25-41-45-31-33-61-55(45)43(27-23-39-17-9-3-10-18-39)49-35-51(63-57(41)49)47-29-30-48(54-53(47)59-65-60-54)52-36-50-44(28-24-40-19-11-4-12-20-40)56-46(32-34-62-56)42(58(50)64-52)26-22-38-15-7-2-8-16-38/h1-20,29-36H. The number of thiophene rings is 4. The van der Waals surface area contributed by atoms with Gasteiger partial charge in [0.2, 0.25) is 0 Å². The van der Waals surface area contributed by atoms with Crippen LogP contribution in [0.25, 0.3) is 72.3 Å². The minimum Gasteiger partial charge on any atom is -0.172 e. The van der Waals surface area contributed by atoms with Crippen LogP contribution >= 0.6 is 57.1 Å². The molecule has 65 heavy (non-hydrogen) atoms. The van der Waals surface area contributed by atoms with Crippen molar-refractivity contribution in [1.82, 2.24) is 8.75 Å². The third-order valence-corrected chi connectivity index (χ3v) is 15.9. The van der Waals surface area contributed by atoms with Crippen LogP contribution in [0.5, 0.6) is 0 Å². The monoisotopic (exact) mass is 912 g/mol. The van der Waals surface area contributed by atoms with Gasteiger partial charge in [0.15, 0.2) is 0 Å². The number of nitrogens with zero attached hydrogens (tertiary/aromatic N) is 2. The van der Waals surface area contributed by atoms with Gasteiger partial charge in [0.05, 0.1) is 52.8 Å². The van der Waals surface area contributed by atoms with Gasteiger partial charge < -0.3 is 0 Å². The molecule has 0 spiro atoms. The Morgan fingerprint density at radius 2 is 0.662 bits per heavy atom. The second-order valence-corrected chi connectivity index (χ2v) is 19.6. The van der Waals surface area contributed by atoms with E-state index in [-0.39, 0.29) is 0 Å². The lowest BCUT2D eigenvalue weighted by Crippen LogP contribution is -1.84. The van der Waals surface area contributed by atoms with Crippen molar-refractivity contribution in [2.45, 2.75) is 0 Å². The summed E-state index contributed by atoms with van der Waals surface area (Å²) in [4.78, 5) is 2.20. The maximum atomic E-state index is 4.99. The molecule has 0 N–H and O–H groups in total. The Balaban J connectivity index is 1.04. The van der Waals surface area contributed by atoms with Crippen LogP contribution in [0.3, 0.4) is 0 Å². The van der Waals surface area contributed by atoms with Gasteiger partial charge in [0, 0.05) is 64.7 Å². The van der Waals surface area contributed by atoms with Crippen molar-refractivity contribution in [3.63, 3.8) is 0 Å². The van der Waals surface area contributed by atoms with Crippen molar-refractivity contribution in [3.05, 3.63) is 213 Å². The number of fused-ring (bicyclic) bond motifs is 5. The molecule has 0 bridgehead atoms. The van der Waals surface area contributed by atoms with Crippen LogP contribution in [-0.2, 0) is 0 Å². The van der Waals surface area contributed by atoms with E-state index in [1.807, 2.05) is 72.8 Å². The largest absolute Gasteiger partial charge is 0.172 e. The highest BCUT2D eigenvalue weighted by Crippen LogP contribution is 2.47. The van der Waals surface area contributed by atoms with Crippen molar-refractivity contribution in [2.75, 3.05) is 0 Å². The molecule has 5 aromatic heterocycles. The molecule has 12 rings (SSSR count). The molecule has 12 aromatic rings. The number of hydrogen-bond acceptors (Lipinski definition) is 7. The molecule has 0 amide bonds. The smallest absolute Gasteiger partial charge is 0.114 e. The first kappa shape index (κ1) is 39.1. The summed E-state index contributed by atoms with van der Waals surface area (Å²) in [6, 6.07) is 54.1. The van der Waals surface area contributed by atoms with Crippen LogP contribution in [0.4, 0.5) is 0 Å². The predicted molar refractivity (Wildman–Crippen MR) is 280 cm³/mol. The first-order valence-electron chi connectivity index (χ1n) is 20.7. The lowest BCUT2D eigenvalue weighted by molar-refractivity contribution is 1.63. The molecule has 0 aliphatic rings. The van der Waals surface area contributed by atoms with E-state index >= 15 is 0 Å². The van der Waals surface area contributed by atoms with Crippen LogP contribution in [0, 0.1) is 47.4 Å². The average molecular weight is 913 g/mol. The molecule has 0 saturated heterocycles. The van der Waals surface area contributed by atoms with Gasteiger partial charge in [-0.25, -0.2) is 0 Å². The number of benzene rings is 7. The quantitative estimate of drug-likeness (QED) is 0.162. The molecule has 0 radical (unpaired) electrons. The Morgan fingerprint density at radius 1 is 0.323 bits per heavy atom. The molecule has 0 atom stereocenters. The minimum atomic E-state index is 0.876. The van der Waals surface area contributed by atoms with E-state index in [4.69, 9.17) is 8.75 Å². The van der Waals surface area contributed by atoms with Crippen molar-refractivity contribution in [2.24, 2.45) is 0 Å². The van der Waals surface area contributed by atoms with E-state index in [2.05, 4.69) is 143 Å². The topological polar surface area (TPSA) is 25.8 Å². The lowest BCUT2D eigenvalue weighted by Gasteiger charge is -2.03. The van der Waals surface area contributed by atoms with Gasteiger partial charge in [0.25, 0.3) is 0 Å². The zero-order valence-corrected chi connectivity index (χ0v) is 38.2. The first-order chi connectivity index (χ1) is 32.2. The highest BCUT2D eigenvalue weighted by molar-refractivity contribution is 7.24.